The second kappa shape index (κ2) is 5.56. The molecule has 0 bridgehead atoms. The van der Waals surface area contributed by atoms with Gasteiger partial charge in [0.2, 0.25) is 5.91 Å². The number of thiophene rings is 1. The number of carbonyl (C=O) groups is 2. The van der Waals surface area contributed by atoms with E-state index < -0.39 is 5.97 Å². The van der Waals surface area contributed by atoms with Crippen molar-refractivity contribution >= 4 is 23.2 Å². The Hall–Kier alpha value is -1.36. The van der Waals surface area contributed by atoms with E-state index in [1.165, 1.54) is 23.3 Å². The number of carboxylic acids is 1. The Bertz CT molecular complexity index is 521. The molecule has 0 saturated heterocycles. The van der Waals surface area contributed by atoms with Crippen LogP contribution in [0.4, 0.5) is 0 Å². The fraction of sp³-hybridized carbons (Fsp3) is 0.600. The minimum absolute atomic E-state index is 0.0807. The van der Waals surface area contributed by atoms with Crippen LogP contribution in [0.2, 0.25) is 0 Å². The van der Waals surface area contributed by atoms with Crippen molar-refractivity contribution in [1.29, 1.82) is 0 Å². The number of amides is 1. The highest BCUT2D eigenvalue weighted by atomic mass is 32.1. The van der Waals surface area contributed by atoms with E-state index in [4.69, 9.17) is 5.11 Å². The minimum Gasteiger partial charge on any atom is -0.481 e. The zero-order chi connectivity index (χ0) is 14.1. The second-order valence-electron chi connectivity index (χ2n) is 5.67. The lowest BCUT2D eigenvalue weighted by Gasteiger charge is -2.36. The SMILES string of the molecule is O=C(O)CCCC(=O)N1CCc2sccc2C1C1CC1. The van der Waals surface area contributed by atoms with E-state index in [1.54, 1.807) is 11.3 Å². The van der Waals surface area contributed by atoms with Crippen LogP contribution >= 0.6 is 11.3 Å². The Balaban J connectivity index is 1.69. The smallest absolute Gasteiger partial charge is 0.303 e. The van der Waals surface area contributed by atoms with Crippen LogP contribution in [0.25, 0.3) is 0 Å². The van der Waals surface area contributed by atoms with Crippen molar-refractivity contribution in [3.05, 3.63) is 21.9 Å². The van der Waals surface area contributed by atoms with E-state index in [0.29, 0.717) is 18.8 Å². The van der Waals surface area contributed by atoms with Gasteiger partial charge in [-0.1, -0.05) is 0 Å². The highest BCUT2D eigenvalue weighted by Crippen LogP contribution is 2.48. The number of carbonyl (C=O) groups excluding carboxylic acids is 1. The predicted octanol–water partition coefficient (Wildman–Crippen LogP) is 2.84. The summed E-state index contributed by atoms with van der Waals surface area (Å²) in [4.78, 5) is 26.4. The zero-order valence-corrected chi connectivity index (χ0v) is 12.2. The van der Waals surface area contributed by atoms with Crippen molar-refractivity contribution in [1.82, 2.24) is 4.90 Å². The van der Waals surface area contributed by atoms with Crippen LogP contribution < -0.4 is 0 Å². The van der Waals surface area contributed by atoms with Crippen molar-refractivity contribution < 1.29 is 14.7 Å². The van der Waals surface area contributed by atoms with Gasteiger partial charge in [0.05, 0.1) is 6.04 Å². The summed E-state index contributed by atoms with van der Waals surface area (Å²) >= 11 is 1.79. The number of nitrogens with zero attached hydrogens (tertiary/aromatic N) is 1. The summed E-state index contributed by atoms with van der Waals surface area (Å²) in [5.41, 5.74) is 1.34. The molecule has 4 nitrogen and oxygen atoms in total. The van der Waals surface area contributed by atoms with Gasteiger partial charge in [0.1, 0.15) is 0 Å². The quantitative estimate of drug-likeness (QED) is 0.908. The number of fused-ring (bicyclic) bond motifs is 1. The van der Waals surface area contributed by atoms with E-state index in [-0.39, 0.29) is 18.4 Å². The number of hydrogen-bond donors (Lipinski definition) is 1. The molecule has 2 heterocycles. The standard InChI is InChI=1S/C15H19NO3S/c17-13(2-1-3-14(18)19)16-8-6-12-11(7-9-20-12)15(16)10-4-5-10/h7,9-10,15H,1-6,8H2,(H,18,19). The average Bonchev–Trinajstić information content (AvgIpc) is 3.13. The molecule has 1 aliphatic carbocycles. The molecule has 20 heavy (non-hydrogen) atoms. The maximum Gasteiger partial charge on any atom is 0.303 e. The molecule has 1 aliphatic heterocycles. The monoisotopic (exact) mass is 293 g/mol. The van der Waals surface area contributed by atoms with E-state index in [1.807, 2.05) is 4.90 Å². The Morgan fingerprint density at radius 3 is 2.85 bits per heavy atom. The van der Waals surface area contributed by atoms with E-state index >= 15 is 0 Å². The molecular formula is C15H19NO3S. The van der Waals surface area contributed by atoms with Gasteiger partial charge in [-0.3, -0.25) is 9.59 Å². The lowest BCUT2D eigenvalue weighted by molar-refractivity contribution is -0.137. The van der Waals surface area contributed by atoms with Gasteiger partial charge >= 0.3 is 5.97 Å². The lowest BCUT2D eigenvalue weighted by atomic mass is 9.95. The molecule has 2 aliphatic rings. The van der Waals surface area contributed by atoms with Gasteiger partial charge in [-0.2, -0.15) is 0 Å². The predicted molar refractivity (Wildman–Crippen MR) is 76.7 cm³/mol. The summed E-state index contributed by atoms with van der Waals surface area (Å²) in [5, 5.41) is 10.8. The van der Waals surface area contributed by atoms with Crippen LogP contribution in [0.1, 0.15) is 48.6 Å². The topological polar surface area (TPSA) is 57.6 Å². The van der Waals surface area contributed by atoms with Gasteiger partial charge in [-0.05, 0) is 48.6 Å². The normalized spacial score (nSPS) is 21.6. The summed E-state index contributed by atoms with van der Waals surface area (Å²) in [7, 11) is 0. The fourth-order valence-electron chi connectivity index (χ4n) is 3.08. The highest BCUT2D eigenvalue weighted by Gasteiger charge is 2.41. The molecule has 3 rings (SSSR count). The Labute approximate surface area is 122 Å². The Kier molecular flexibility index (Phi) is 3.78. The van der Waals surface area contributed by atoms with E-state index in [0.717, 1.165) is 13.0 Å². The van der Waals surface area contributed by atoms with Gasteiger partial charge in [-0.25, -0.2) is 0 Å². The maximum atomic E-state index is 12.4. The number of rotatable bonds is 5. The third-order valence-corrected chi connectivity index (χ3v) is 5.18. The summed E-state index contributed by atoms with van der Waals surface area (Å²) in [5.74, 6) is -0.0811. The summed E-state index contributed by atoms with van der Waals surface area (Å²) < 4.78 is 0. The largest absolute Gasteiger partial charge is 0.481 e. The summed E-state index contributed by atoms with van der Waals surface area (Å²) in [6, 6.07) is 2.42. The summed E-state index contributed by atoms with van der Waals surface area (Å²) in [6.45, 7) is 0.792. The molecular weight excluding hydrogens is 274 g/mol. The van der Waals surface area contributed by atoms with Gasteiger partial charge in [0, 0.05) is 24.3 Å². The second-order valence-corrected chi connectivity index (χ2v) is 6.67. The third-order valence-electron chi connectivity index (χ3n) is 4.18. The average molecular weight is 293 g/mol. The molecule has 1 N–H and O–H groups in total. The maximum absolute atomic E-state index is 12.4. The molecule has 108 valence electrons. The molecule has 1 amide bonds. The van der Waals surface area contributed by atoms with Crippen molar-refractivity contribution in [2.45, 2.75) is 44.6 Å². The van der Waals surface area contributed by atoms with Gasteiger partial charge in [0.25, 0.3) is 0 Å². The van der Waals surface area contributed by atoms with Crippen LogP contribution in [-0.2, 0) is 16.0 Å². The minimum atomic E-state index is -0.824. The van der Waals surface area contributed by atoms with E-state index in [2.05, 4.69) is 11.4 Å². The molecule has 1 unspecified atom stereocenters. The fourth-order valence-corrected chi connectivity index (χ4v) is 3.99. The first kappa shape index (κ1) is 13.6. The molecule has 5 heteroatoms. The van der Waals surface area contributed by atoms with Gasteiger partial charge in [-0.15, -0.1) is 11.3 Å². The van der Waals surface area contributed by atoms with Gasteiger partial charge in [0.15, 0.2) is 0 Å². The van der Waals surface area contributed by atoms with Crippen LogP contribution in [0.5, 0.6) is 0 Å². The number of aliphatic carboxylic acids is 1. The molecule has 1 saturated carbocycles. The van der Waals surface area contributed by atoms with Crippen molar-refractivity contribution in [3.8, 4) is 0 Å². The first-order valence-corrected chi connectivity index (χ1v) is 8.12. The van der Waals surface area contributed by atoms with Crippen LogP contribution in [-0.4, -0.2) is 28.4 Å². The van der Waals surface area contributed by atoms with E-state index in [9.17, 15) is 9.59 Å². The zero-order valence-electron chi connectivity index (χ0n) is 11.4. The van der Waals surface area contributed by atoms with Crippen LogP contribution in [0.3, 0.4) is 0 Å². The van der Waals surface area contributed by atoms with Gasteiger partial charge < -0.3 is 10.0 Å². The van der Waals surface area contributed by atoms with Crippen LogP contribution in [0, 0.1) is 5.92 Å². The highest BCUT2D eigenvalue weighted by molar-refractivity contribution is 7.10. The molecule has 1 fully saturated rings. The number of hydrogen-bond acceptors (Lipinski definition) is 3. The third kappa shape index (κ3) is 2.73. The molecule has 1 atom stereocenters. The van der Waals surface area contributed by atoms with Crippen molar-refractivity contribution in [3.63, 3.8) is 0 Å². The molecule has 1 aromatic rings. The molecule has 0 spiro atoms. The first-order chi connectivity index (χ1) is 9.66. The molecule has 0 aromatic carbocycles. The molecule has 1 aromatic heterocycles. The molecule has 0 radical (unpaired) electrons. The van der Waals surface area contributed by atoms with Crippen LogP contribution in [0.15, 0.2) is 11.4 Å². The van der Waals surface area contributed by atoms with Crippen molar-refractivity contribution in [2.75, 3.05) is 6.54 Å². The Morgan fingerprint density at radius 1 is 1.35 bits per heavy atom. The summed E-state index contributed by atoms with van der Waals surface area (Å²) in [6.07, 6.45) is 4.24. The number of carboxylic acid groups (broad SMARTS) is 1. The first-order valence-electron chi connectivity index (χ1n) is 7.24. The Morgan fingerprint density at radius 2 is 2.15 bits per heavy atom. The van der Waals surface area contributed by atoms with Crippen molar-refractivity contribution in [2.24, 2.45) is 5.92 Å². The lowest BCUT2D eigenvalue weighted by Crippen LogP contribution is -2.40.